The molecule has 8 aliphatic rings. The maximum absolute atomic E-state index is 12.8. The molecule has 23 unspecified atom stereocenters. The van der Waals surface area contributed by atoms with Crippen molar-refractivity contribution in [2.24, 2.45) is 45.3 Å². The Labute approximate surface area is 439 Å². The van der Waals surface area contributed by atoms with Gasteiger partial charge in [0.05, 0.1) is 44.2 Å². The minimum Gasteiger partial charge on any atom is -0.394 e. The van der Waals surface area contributed by atoms with Crippen molar-refractivity contribution in [3.8, 4) is 0 Å². The zero-order valence-electron chi connectivity index (χ0n) is 44.7. The van der Waals surface area contributed by atoms with Crippen LogP contribution in [0, 0.1) is 45.3 Å². The summed E-state index contributed by atoms with van der Waals surface area (Å²) in [7, 11) is 0. The SMILES string of the molecule is CC(C)=CCCC(C)(OC1OC(COC2OCC(O)C(O)C2O)C(O)C(O)C1O)C1CC[C@]2(C)C1C(O)CC1[C@@]3(C)CCC(O[C@@H]4O[C@H](CO)C(O)C(O)C4O[C@@H]4OC(CO)C(O)C(O)C4O)C(C)(C)C3CC[C@]12C. The van der Waals surface area contributed by atoms with Crippen LogP contribution in [0.25, 0.3) is 0 Å². The molecule has 0 aromatic rings. The summed E-state index contributed by atoms with van der Waals surface area (Å²) in [5.41, 5.74) is -1.48. The van der Waals surface area contributed by atoms with Crippen molar-refractivity contribution in [1.29, 1.82) is 0 Å². The normalized spacial score (nSPS) is 52.7. The summed E-state index contributed by atoms with van der Waals surface area (Å²) in [5, 5.41) is 151. The molecule has 22 heteroatoms. The first-order valence-corrected chi connectivity index (χ1v) is 27.3. The van der Waals surface area contributed by atoms with Crippen LogP contribution in [0.4, 0.5) is 0 Å². The molecule has 29 atom stereocenters. The smallest absolute Gasteiger partial charge is 0.187 e. The van der Waals surface area contributed by atoms with Gasteiger partial charge in [-0.3, -0.25) is 0 Å². The highest BCUT2D eigenvalue weighted by Gasteiger charge is 2.72. The first-order chi connectivity index (χ1) is 35.1. The zero-order chi connectivity index (χ0) is 55.1. The van der Waals surface area contributed by atoms with E-state index in [2.05, 4.69) is 40.7 Å². The van der Waals surface area contributed by atoms with Gasteiger partial charge >= 0.3 is 0 Å². The van der Waals surface area contributed by atoms with Gasteiger partial charge in [0.2, 0.25) is 0 Å². The zero-order valence-corrected chi connectivity index (χ0v) is 44.7. The average molecular weight is 1080 g/mol. The fourth-order valence-electron chi connectivity index (χ4n) is 16.0. The van der Waals surface area contributed by atoms with Gasteiger partial charge in [0.1, 0.15) is 91.6 Å². The number of allylic oxidation sites excluding steroid dienone is 2. The molecule has 14 N–H and O–H groups in total. The molecule has 0 spiro atoms. The van der Waals surface area contributed by atoms with Gasteiger partial charge in [-0.2, -0.15) is 0 Å². The molecule has 4 aliphatic heterocycles. The molecule has 4 aliphatic carbocycles. The van der Waals surface area contributed by atoms with Crippen LogP contribution in [0.3, 0.4) is 0 Å². The summed E-state index contributed by atoms with van der Waals surface area (Å²) in [4.78, 5) is 0. The van der Waals surface area contributed by atoms with Gasteiger partial charge in [-0.25, -0.2) is 0 Å². The first kappa shape index (κ1) is 60.0. The molecule has 0 bridgehead atoms. The molecule has 434 valence electrons. The van der Waals surface area contributed by atoms with Crippen LogP contribution in [0.1, 0.15) is 113 Å². The maximum atomic E-state index is 12.8. The highest BCUT2D eigenvalue weighted by molar-refractivity contribution is 5.20. The van der Waals surface area contributed by atoms with Crippen LogP contribution in [0.2, 0.25) is 0 Å². The van der Waals surface area contributed by atoms with Crippen molar-refractivity contribution in [3.63, 3.8) is 0 Å². The van der Waals surface area contributed by atoms with Crippen LogP contribution >= 0.6 is 0 Å². The van der Waals surface area contributed by atoms with Crippen molar-refractivity contribution in [2.75, 3.05) is 26.4 Å². The molecule has 4 heterocycles. The van der Waals surface area contributed by atoms with E-state index in [1.807, 2.05) is 20.8 Å². The lowest BCUT2D eigenvalue weighted by molar-refractivity contribution is -0.378. The Morgan fingerprint density at radius 3 is 1.80 bits per heavy atom. The summed E-state index contributed by atoms with van der Waals surface area (Å²) in [6, 6.07) is 0. The molecular weight excluding hydrogens is 989 g/mol. The second kappa shape index (κ2) is 22.7. The highest BCUT2D eigenvalue weighted by Crippen LogP contribution is 2.76. The Kier molecular flexibility index (Phi) is 18.1. The number of rotatable bonds is 15. The summed E-state index contributed by atoms with van der Waals surface area (Å²) in [6.45, 7) is 15.1. The van der Waals surface area contributed by atoms with Crippen molar-refractivity contribution >= 4 is 0 Å². The van der Waals surface area contributed by atoms with Crippen molar-refractivity contribution in [1.82, 2.24) is 0 Å². The lowest BCUT2D eigenvalue weighted by atomic mass is 9.35. The lowest BCUT2D eigenvalue weighted by Crippen LogP contribution is -2.68. The Morgan fingerprint density at radius 2 is 1.16 bits per heavy atom. The Balaban J connectivity index is 1.01. The van der Waals surface area contributed by atoms with Crippen LogP contribution in [-0.2, 0) is 37.9 Å². The summed E-state index contributed by atoms with van der Waals surface area (Å²) in [6.07, 6.45) is -22.6. The van der Waals surface area contributed by atoms with Crippen LogP contribution in [-0.4, -0.2) is 232 Å². The van der Waals surface area contributed by atoms with Gasteiger partial charge in [0.15, 0.2) is 25.2 Å². The van der Waals surface area contributed by atoms with E-state index in [1.165, 1.54) is 0 Å². The van der Waals surface area contributed by atoms with E-state index in [0.29, 0.717) is 38.5 Å². The predicted molar refractivity (Wildman–Crippen MR) is 260 cm³/mol. The molecule has 8 rings (SSSR count). The number of hydrogen-bond donors (Lipinski definition) is 14. The van der Waals surface area contributed by atoms with Gasteiger partial charge in [-0.1, -0.05) is 46.3 Å². The molecule has 4 saturated heterocycles. The number of fused-ring (bicyclic) bond motifs is 5. The third-order valence-corrected chi connectivity index (χ3v) is 20.5. The average Bonchev–Trinajstić information content (AvgIpc) is 3.75. The largest absolute Gasteiger partial charge is 0.394 e. The van der Waals surface area contributed by atoms with Gasteiger partial charge in [-0.15, -0.1) is 0 Å². The Hall–Kier alpha value is -1.14. The third-order valence-electron chi connectivity index (χ3n) is 20.5. The lowest BCUT2D eigenvalue weighted by Gasteiger charge is -2.71. The van der Waals surface area contributed by atoms with E-state index >= 15 is 0 Å². The van der Waals surface area contributed by atoms with Gasteiger partial charge < -0.3 is 109 Å². The second-order valence-electron chi connectivity index (χ2n) is 25.3. The van der Waals surface area contributed by atoms with E-state index in [9.17, 15) is 71.5 Å². The minimum atomic E-state index is -1.81. The number of aliphatic hydroxyl groups excluding tert-OH is 14. The molecule has 0 aromatic heterocycles. The highest BCUT2D eigenvalue weighted by atomic mass is 16.8. The van der Waals surface area contributed by atoms with E-state index in [0.717, 1.165) is 24.8 Å². The number of aliphatic hydroxyl groups is 14. The standard InChI is InChI=1S/C53H90O22/c1-23(2)10-9-14-53(8,75-47-43(67)39(63)37(61)29(72-47)22-69-45-41(65)34(58)26(57)21-68-45)24-11-16-52(7)33(24)25(56)18-31-50(5)15-13-32(49(3,4)30(50)12-17-51(31,52)6)73-48-44(40(64)36(60)28(20-55)71-48)74-46-42(66)38(62)35(59)27(19-54)70-46/h10,24-48,54-67H,9,11-22H2,1-8H3/t24?,25?,26?,27?,28-,29?,30?,31?,32?,33?,34?,35?,36?,37?,38?,39?,40?,41?,42?,43?,44?,45?,46+,47?,48+,50+,51-,52-,53?/m1/s1. The quantitative estimate of drug-likeness (QED) is 0.0651. The summed E-state index contributed by atoms with van der Waals surface area (Å²) in [5.74, 6) is -0.395. The van der Waals surface area contributed by atoms with Crippen molar-refractivity contribution in [3.05, 3.63) is 11.6 Å². The Morgan fingerprint density at radius 1 is 0.587 bits per heavy atom. The fraction of sp³-hybridized carbons (Fsp3) is 0.962. The van der Waals surface area contributed by atoms with Crippen molar-refractivity contribution < 1.29 is 109 Å². The molecule has 75 heavy (non-hydrogen) atoms. The predicted octanol–water partition coefficient (Wildman–Crippen LogP) is -1.56. The molecule has 0 aromatic carbocycles. The van der Waals surface area contributed by atoms with Crippen molar-refractivity contribution in [2.45, 2.75) is 248 Å². The summed E-state index contributed by atoms with van der Waals surface area (Å²) < 4.78 is 48.8. The number of ether oxygens (including phenoxy) is 8. The molecule has 4 saturated carbocycles. The maximum Gasteiger partial charge on any atom is 0.187 e. The molecular formula is C53H90O22. The first-order valence-electron chi connectivity index (χ1n) is 27.3. The van der Waals surface area contributed by atoms with Crippen LogP contribution < -0.4 is 0 Å². The molecule has 0 amide bonds. The number of hydrogen-bond acceptors (Lipinski definition) is 22. The van der Waals surface area contributed by atoms with E-state index in [1.54, 1.807) is 0 Å². The fourth-order valence-corrected chi connectivity index (χ4v) is 16.0. The molecule has 8 fully saturated rings. The van der Waals surface area contributed by atoms with Gasteiger partial charge in [0, 0.05) is 0 Å². The van der Waals surface area contributed by atoms with Crippen LogP contribution in [0.15, 0.2) is 11.6 Å². The second-order valence-corrected chi connectivity index (χ2v) is 25.3. The van der Waals surface area contributed by atoms with Gasteiger partial charge in [-0.05, 0) is 124 Å². The van der Waals surface area contributed by atoms with Gasteiger partial charge in [0.25, 0.3) is 0 Å². The minimum absolute atomic E-state index is 0.0508. The third kappa shape index (κ3) is 10.6. The van der Waals surface area contributed by atoms with E-state index < -0.39 is 165 Å². The summed E-state index contributed by atoms with van der Waals surface area (Å²) >= 11 is 0. The van der Waals surface area contributed by atoms with Crippen LogP contribution in [0.5, 0.6) is 0 Å². The van der Waals surface area contributed by atoms with E-state index in [4.69, 9.17) is 37.9 Å². The molecule has 0 radical (unpaired) electrons. The molecule has 22 nitrogen and oxygen atoms in total. The van der Waals surface area contributed by atoms with E-state index in [-0.39, 0.29) is 41.1 Å². The topological polar surface area (TPSA) is 357 Å². The Bertz CT molecular complexity index is 1940. The monoisotopic (exact) mass is 1080 g/mol.